The van der Waals surface area contributed by atoms with Crippen LogP contribution in [-0.4, -0.2) is 50.8 Å². The predicted molar refractivity (Wildman–Crippen MR) is 75.8 cm³/mol. The number of nitrogens with one attached hydrogen (secondary N) is 1. The predicted octanol–water partition coefficient (Wildman–Crippen LogP) is 2.12. The summed E-state index contributed by atoms with van der Waals surface area (Å²) in [7, 11) is 1.86. The minimum atomic E-state index is 0.456. The highest BCUT2D eigenvalue weighted by atomic mass is 16.5. The molecule has 0 aromatic heterocycles. The first-order chi connectivity index (χ1) is 8.79. The Hall–Kier alpha value is -0.120. The van der Waals surface area contributed by atoms with Crippen LogP contribution in [0, 0.1) is 11.8 Å². The molecule has 0 spiro atoms. The lowest BCUT2D eigenvalue weighted by Crippen LogP contribution is -2.44. The summed E-state index contributed by atoms with van der Waals surface area (Å²) in [5.74, 6) is 1.71. The van der Waals surface area contributed by atoms with E-state index in [0.717, 1.165) is 18.4 Å². The number of rotatable bonds is 5. The summed E-state index contributed by atoms with van der Waals surface area (Å²) < 4.78 is 5.58. The third-order valence-electron chi connectivity index (χ3n) is 4.82. The van der Waals surface area contributed by atoms with Crippen LogP contribution < -0.4 is 5.32 Å². The van der Waals surface area contributed by atoms with E-state index >= 15 is 0 Å². The molecule has 1 N–H and O–H groups in total. The molecule has 0 aliphatic carbocycles. The Bertz CT molecular complexity index is 229. The minimum absolute atomic E-state index is 0.456. The molecule has 2 aliphatic rings. The molecule has 18 heavy (non-hydrogen) atoms. The highest BCUT2D eigenvalue weighted by Gasteiger charge is 2.25. The van der Waals surface area contributed by atoms with E-state index in [-0.39, 0.29) is 0 Å². The van der Waals surface area contributed by atoms with Crippen LogP contribution in [0.2, 0.25) is 0 Å². The van der Waals surface area contributed by atoms with Crippen molar-refractivity contribution in [2.75, 3.05) is 39.8 Å². The van der Waals surface area contributed by atoms with E-state index in [1.807, 2.05) is 7.11 Å². The number of methoxy groups -OCH3 is 1. The molecule has 2 aliphatic heterocycles. The van der Waals surface area contributed by atoms with Gasteiger partial charge in [0.15, 0.2) is 0 Å². The van der Waals surface area contributed by atoms with Gasteiger partial charge >= 0.3 is 0 Å². The second kappa shape index (κ2) is 7.46. The maximum atomic E-state index is 5.58. The molecule has 3 nitrogen and oxygen atoms in total. The van der Waals surface area contributed by atoms with Crippen LogP contribution in [0.15, 0.2) is 0 Å². The van der Waals surface area contributed by atoms with Crippen molar-refractivity contribution in [2.24, 2.45) is 11.8 Å². The Kier molecular flexibility index (Phi) is 5.93. The molecule has 2 heterocycles. The van der Waals surface area contributed by atoms with E-state index in [9.17, 15) is 0 Å². The third kappa shape index (κ3) is 4.22. The van der Waals surface area contributed by atoms with Crippen molar-refractivity contribution in [1.29, 1.82) is 0 Å². The Balaban J connectivity index is 1.61. The summed E-state index contributed by atoms with van der Waals surface area (Å²) in [6.45, 7) is 8.48. The van der Waals surface area contributed by atoms with Gasteiger partial charge in [0.25, 0.3) is 0 Å². The second-order valence-corrected chi connectivity index (χ2v) is 6.18. The van der Waals surface area contributed by atoms with Gasteiger partial charge in [-0.15, -0.1) is 0 Å². The van der Waals surface area contributed by atoms with Crippen molar-refractivity contribution in [3.8, 4) is 0 Å². The molecule has 2 rings (SSSR count). The van der Waals surface area contributed by atoms with Gasteiger partial charge in [0.05, 0.1) is 6.10 Å². The molecule has 2 fully saturated rings. The summed E-state index contributed by atoms with van der Waals surface area (Å²) in [5, 5.41) is 3.45. The smallest absolute Gasteiger partial charge is 0.0724 e. The lowest BCUT2D eigenvalue weighted by Gasteiger charge is -2.36. The summed E-state index contributed by atoms with van der Waals surface area (Å²) in [6, 6.07) is 0. The number of ether oxygens (including phenoxy) is 1. The van der Waals surface area contributed by atoms with Gasteiger partial charge in [-0.1, -0.05) is 6.92 Å². The first-order valence-corrected chi connectivity index (χ1v) is 7.75. The Morgan fingerprint density at radius 2 is 2.00 bits per heavy atom. The molecular formula is C15H30N2O. The van der Waals surface area contributed by atoms with Gasteiger partial charge in [-0.05, 0) is 70.1 Å². The lowest BCUT2D eigenvalue weighted by atomic mass is 9.92. The molecule has 0 saturated carbocycles. The van der Waals surface area contributed by atoms with E-state index in [0.29, 0.717) is 6.10 Å². The monoisotopic (exact) mass is 254 g/mol. The van der Waals surface area contributed by atoms with Crippen molar-refractivity contribution in [2.45, 2.75) is 45.1 Å². The number of nitrogens with zero attached hydrogens (tertiary/aromatic N) is 1. The summed E-state index contributed by atoms with van der Waals surface area (Å²) >= 11 is 0. The maximum absolute atomic E-state index is 5.58. The first-order valence-electron chi connectivity index (χ1n) is 7.75. The fourth-order valence-corrected chi connectivity index (χ4v) is 3.38. The standard InChI is InChI=1S/C15H30N2O/c1-13-7-11-17(12-15(13)18-2)10-3-4-14-5-8-16-9-6-14/h13-16H,3-12H2,1-2H3. The van der Waals surface area contributed by atoms with E-state index < -0.39 is 0 Å². The minimum Gasteiger partial charge on any atom is -0.380 e. The molecular weight excluding hydrogens is 224 g/mol. The average molecular weight is 254 g/mol. The van der Waals surface area contributed by atoms with Crippen molar-refractivity contribution >= 4 is 0 Å². The van der Waals surface area contributed by atoms with Crippen molar-refractivity contribution in [1.82, 2.24) is 10.2 Å². The van der Waals surface area contributed by atoms with Gasteiger partial charge in [0.1, 0.15) is 0 Å². The van der Waals surface area contributed by atoms with Crippen LogP contribution >= 0.6 is 0 Å². The van der Waals surface area contributed by atoms with Crippen LogP contribution in [0.3, 0.4) is 0 Å². The Labute approximate surface area is 112 Å². The van der Waals surface area contributed by atoms with Crippen LogP contribution in [0.1, 0.15) is 39.0 Å². The summed E-state index contributed by atoms with van der Waals surface area (Å²) in [6.07, 6.45) is 7.32. The molecule has 106 valence electrons. The maximum Gasteiger partial charge on any atom is 0.0724 e. The second-order valence-electron chi connectivity index (χ2n) is 6.18. The molecule has 2 atom stereocenters. The third-order valence-corrected chi connectivity index (χ3v) is 4.82. The fraction of sp³-hybridized carbons (Fsp3) is 1.00. The van der Waals surface area contributed by atoms with Crippen molar-refractivity contribution < 1.29 is 4.74 Å². The van der Waals surface area contributed by atoms with Crippen LogP contribution in [0.4, 0.5) is 0 Å². The molecule has 0 radical (unpaired) electrons. The average Bonchev–Trinajstić information content (AvgIpc) is 2.42. The topological polar surface area (TPSA) is 24.5 Å². The number of likely N-dealkylation sites (tertiary alicyclic amines) is 1. The van der Waals surface area contributed by atoms with Crippen LogP contribution in [-0.2, 0) is 4.74 Å². The van der Waals surface area contributed by atoms with E-state index in [2.05, 4.69) is 17.1 Å². The zero-order chi connectivity index (χ0) is 12.8. The summed E-state index contributed by atoms with van der Waals surface area (Å²) in [5.41, 5.74) is 0. The first kappa shape index (κ1) is 14.3. The van der Waals surface area contributed by atoms with E-state index in [1.165, 1.54) is 58.3 Å². The van der Waals surface area contributed by atoms with Gasteiger partial charge in [0, 0.05) is 13.7 Å². The van der Waals surface area contributed by atoms with Gasteiger partial charge in [0.2, 0.25) is 0 Å². The van der Waals surface area contributed by atoms with Crippen LogP contribution in [0.5, 0.6) is 0 Å². The highest BCUT2D eigenvalue weighted by molar-refractivity contribution is 4.78. The Morgan fingerprint density at radius 3 is 2.72 bits per heavy atom. The largest absolute Gasteiger partial charge is 0.380 e. The van der Waals surface area contributed by atoms with E-state index in [4.69, 9.17) is 4.74 Å². The molecule has 0 bridgehead atoms. The number of piperidine rings is 2. The number of hydrogen-bond acceptors (Lipinski definition) is 3. The molecule has 3 heteroatoms. The quantitative estimate of drug-likeness (QED) is 0.813. The molecule has 0 aromatic rings. The zero-order valence-electron chi connectivity index (χ0n) is 12.2. The van der Waals surface area contributed by atoms with Crippen LogP contribution in [0.25, 0.3) is 0 Å². The van der Waals surface area contributed by atoms with Gasteiger partial charge in [-0.3, -0.25) is 0 Å². The summed E-state index contributed by atoms with van der Waals surface area (Å²) in [4.78, 5) is 2.61. The van der Waals surface area contributed by atoms with Gasteiger partial charge in [-0.2, -0.15) is 0 Å². The lowest BCUT2D eigenvalue weighted by molar-refractivity contribution is -0.00558. The molecule has 2 unspecified atom stereocenters. The fourth-order valence-electron chi connectivity index (χ4n) is 3.38. The number of hydrogen-bond donors (Lipinski definition) is 1. The van der Waals surface area contributed by atoms with Gasteiger partial charge < -0.3 is 15.0 Å². The zero-order valence-corrected chi connectivity index (χ0v) is 12.2. The highest BCUT2D eigenvalue weighted by Crippen LogP contribution is 2.21. The van der Waals surface area contributed by atoms with Crippen molar-refractivity contribution in [3.63, 3.8) is 0 Å². The SMILES string of the molecule is COC1CN(CCCC2CCNCC2)CCC1C. The molecule has 0 aromatic carbocycles. The normalized spacial score (nSPS) is 31.7. The van der Waals surface area contributed by atoms with Gasteiger partial charge in [-0.25, -0.2) is 0 Å². The molecule has 2 saturated heterocycles. The molecule has 0 amide bonds. The van der Waals surface area contributed by atoms with E-state index in [1.54, 1.807) is 0 Å². The van der Waals surface area contributed by atoms with Crippen molar-refractivity contribution in [3.05, 3.63) is 0 Å². The Morgan fingerprint density at radius 1 is 1.22 bits per heavy atom.